The van der Waals surface area contributed by atoms with E-state index in [9.17, 15) is 4.79 Å². The average molecular weight is 288 g/mol. The summed E-state index contributed by atoms with van der Waals surface area (Å²) in [5, 5.41) is 6.68. The molecule has 0 aromatic carbocycles. The smallest absolute Gasteiger partial charge is 0.230 e. The van der Waals surface area contributed by atoms with Gasteiger partial charge in [0, 0.05) is 0 Å². The molecule has 0 bridgehead atoms. The summed E-state index contributed by atoms with van der Waals surface area (Å²) >= 11 is 13.1. The number of aromatic nitrogens is 2. The molecular weight excluding hydrogens is 281 g/mol. The Kier molecular flexibility index (Phi) is 3.93. The largest absolute Gasteiger partial charge is 0.309 e. The van der Waals surface area contributed by atoms with Crippen LogP contribution in [0.25, 0.3) is 0 Å². The van der Waals surface area contributed by atoms with Gasteiger partial charge in [0.2, 0.25) is 5.91 Å². The maximum Gasteiger partial charge on any atom is 0.230 e. The SMILES string of the molecule is O=C(Cc1ccsc1)Nc1ncnc(Cl)c1Cl. The van der Waals surface area contributed by atoms with Gasteiger partial charge >= 0.3 is 0 Å². The van der Waals surface area contributed by atoms with Crippen molar-refractivity contribution < 1.29 is 4.79 Å². The first kappa shape index (κ1) is 12.3. The standard InChI is InChI=1S/C10H7Cl2N3OS/c11-8-9(12)13-5-14-10(8)15-7(16)3-6-1-2-17-4-6/h1-2,4-5H,3H2,(H,13,14,15,16). The molecule has 88 valence electrons. The number of carbonyl (C=O) groups is 1. The lowest BCUT2D eigenvalue weighted by molar-refractivity contribution is -0.115. The maximum absolute atomic E-state index is 11.7. The minimum Gasteiger partial charge on any atom is -0.309 e. The van der Waals surface area contributed by atoms with Gasteiger partial charge in [-0.3, -0.25) is 4.79 Å². The van der Waals surface area contributed by atoms with E-state index in [1.54, 1.807) is 11.3 Å². The van der Waals surface area contributed by atoms with E-state index in [2.05, 4.69) is 15.3 Å². The van der Waals surface area contributed by atoms with E-state index in [0.29, 0.717) is 0 Å². The Morgan fingerprint density at radius 2 is 2.24 bits per heavy atom. The molecule has 0 spiro atoms. The minimum atomic E-state index is -0.194. The number of hydrogen-bond acceptors (Lipinski definition) is 4. The molecule has 17 heavy (non-hydrogen) atoms. The molecule has 0 aliphatic rings. The fraction of sp³-hybridized carbons (Fsp3) is 0.100. The number of hydrogen-bond donors (Lipinski definition) is 1. The van der Waals surface area contributed by atoms with Crippen LogP contribution in [0, 0.1) is 0 Å². The molecule has 2 heterocycles. The number of halogens is 2. The van der Waals surface area contributed by atoms with Crippen LogP contribution in [-0.4, -0.2) is 15.9 Å². The predicted octanol–water partition coefficient (Wildman–Crippen LogP) is 3.03. The Labute approximate surface area is 112 Å². The zero-order valence-corrected chi connectivity index (χ0v) is 10.8. The van der Waals surface area contributed by atoms with Crippen molar-refractivity contribution in [2.75, 3.05) is 5.32 Å². The Bertz CT molecular complexity index is 530. The fourth-order valence-electron chi connectivity index (χ4n) is 1.19. The quantitative estimate of drug-likeness (QED) is 0.883. The van der Waals surface area contributed by atoms with Crippen molar-refractivity contribution in [3.63, 3.8) is 0 Å². The van der Waals surface area contributed by atoms with Crippen molar-refractivity contribution in [3.05, 3.63) is 38.9 Å². The third-order valence-corrected chi connectivity index (χ3v) is 3.42. The first-order chi connectivity index (χ1) is 8.16. The van der Waals surface area contributed by atoms with Gasteiger partial charge in [-0.1, -0.05) is 23.2 Å². The van der Waals surface area contributed by atoms with E-state index in [1.807, 2.05) is 16.8 Å². The topological polar surface area (TPSA) is 54.9 Å². The molecule has 0 atom stereocenters. The molecule has 0 fully saturated rings. The van der Waals surface area contributed by atoms with Gasteiger partial charge in [-0.2, -0.15) is 11.3 Å². The molecule has 2 aromatic heterocycles. The third kappa shape index (κ3) is 3.15. The number of nitrogens with zero attached hydrogens (tertiary/aromatic N) is 2. The molecule has 2 rings (SSSR count). The molecule has 1 amide bonds. The zero-order valence-electron chi connectivity index (χ0n) is 8.48. The Balaban J connectivity index is 2.06. The third-order valence-electron chi connectivity index (χ3n) is 1.95. The lowest BCUT2D eigenvalue weighted by Gasteiger charge is -2.05. The van der Waals surface area contributed by atoms with Gasteiger partial charge in [0.05, 0.1) is 6.42 Å². The van der Waals surface area contributed by atoms with Crippen LogP contribution in [0.3, 0.4) is 0 Å². The Morgan fingerprint density at radius 1 is 1.41 bits per heavy atom. The summed E-state index contributed by atoms with van der Waals surface area (Å²) in [4.78, 5) is 19.2. The Morgan fingerprint density at radius 3 is 2.94 bits per heavy atom. The van der Waals surface area contributed by atoms with Crippen molar-refractivity contribution in [1.29, 1.82) is 0 Å². The highest BCUT2D eigenvalue weighted by Crippen LogP contribution is 2.25. The van der Waals surface area contributed by atoms with E-state index < -0.39 is 0 Å². The van der Waals surface area contributed by atoms with Crippen LogP contribution < -0.4 is 5.32 Å². The molecule has 0 aliphatic heterocycles. The lowest BCUT2D eigenvalue weighted by Crippen LogP contribution is -2.15. The van der Waals surface area contributed by atoms with Crippen molar-refractivity contribution in [2.24, 2.45) is 0 Å². The molecule has 4 nitrogen and oxygen atoms in total. The molecule has 0 saturated carbocycles. The van der Waals surface area contributed by atoms with Crippen LogP contribution in [0.4, 0.5) is 5.82 Å². The van der Waals surface area contributed by atoms with E-state index in [4.69, 9.17) is 23.2 Å². The van der Waals surface area contributed by atoms with Gasteiger partial charge in [-0.15, -0.1) is 0 Å². The highest BCUT2D eigenvalue weighted by atomic mass is 35.5. The van der Waals surface area contributed by atoms with Crippen molar-refractivity contribution in [3.8, 4) is 0 Å². The summed E-state index contributed by atoms with van der Waals surface area (Å²) in [7, 11) is 0. The molecule has 7 heteroatoms. The normalized spacial score (nSPS) is 10.2. The zero-order chi connectivity index (χ0) is 12.3. The lowest BCUT2D eigenvalue weighted by atomic mass is 10.2. The van der Waals surface area contributed by atoms with Crippen molar-refractivity contribution in [2.45, 2.75) is 6.42 Å². The van der Waals surface area contributed by atoms with E-state index in [1.165, 1.54) is 6.33 Å². The second-order valence-electron chi connectivity index (χ2n) is 3.18. The monoisotopic (exact) mass is 287 g/mol. The summed E-state index contributed by atoms with van der Waals surface area (Å²) in [6.07, 6.45) is 1.52. The minimum absolute atomic E-state index is 0.118. The summed E-state index contributed by atoms with van der Waals surface area (Å²) in [6, 6.07) is 1.89. The van der Waals surface area contributed by atoms with Gasteiger partial charge in [0.25, 0.3) is 0 Å². The number of thiophene rings is 1. The average Bonchev–Trinajstić information content (AvgIpc) is 2.77. The van der Waals surface area contributed by atoms with Crippen LogP contribution in [-0.2, 0) is 11.2 Å². The molecule has 0 radical (unpaired) electrons. The Hall–Kier alpha value is -1.17. The number of amides is 1. The van der Waals surface area contributed by atoms with Gasteiger partial charge in [0.15, 0.2) is 11.0 Å². The van der Waals surface area contributed by atoms with Crippen LogP contribution in [0.1, 0.15) is 5.56 Å². The first-order valence-corrected chi connectivity index (χ1v) is 6.33. The number of rotatable bonds is 3. The van der Waals surface area contributed by atoms with Crippen molar-refractivity contribution >= 4 is 46.3 Å². The predicted molar refractivity (Wildman–Crippen MR) is 68.7 cm³/mol. The molecular formula is C10H7Cl2N3OS. The van der Waals surface area contributed by atoms with Gasteiger partial charge < -0.3 is 5.32 Å². The molecule has 0 aliphatic carbocycles. The molecule has 1 N–H and O–H groups in total. The van der Waals surface area contributed by atoms with E-state index >= 15 is 0 Å². The summed E-state index contributed by atoms with van der Waals surface area (Å²) in [6.45, 7) is 0. The highest BCUT2D eigenvalue weighted by Gasteiger charge is 2.11. The second kappa shape index (κ2) is 5.44. The van der Waals surface area contributed by atoms with Crippen LogP contribution in [0.2, 0.25) is 10.2 Å². The van der Waals surface area contributed by atoms with Crippen molar-refractivity contribution in [1.82, 2.24) is 9.97 Å². The maximum atomic E-state index is 11.7. The number of carbonyl (C=O) groups excluding carboxylic acids is 1. The molecule has 0 saturated heterocycles. The summed E-state index contributed by atoms with van der Waals surface area (Å²) in [5.41, 5.74) is 0.948. The van der Waals surface area contributed by atoms with Crippen LogP contribution in [0.15, 0.2) is 23.2 Å². The van der Waals surface area contributed by atoms with Gasteiger partial charge in [0.1, 0.15) is 11.3 Å². The number of anilines is 1. The molecule has 2 aromatic rings. The van der Waals surface area contributed by atoms with Crippen LogP contribution in [0.5, 0.6) is 0 Å². The fourth-order valence-corrected chi connectivity index (χ4v) is 2.14. The van der Waals surface area contributed by atoms with Gasteiger partial charge in [-0.05, 0) is 22.4 Å². The van der Waals surface area contributed by atoms with Gasteiger partial charge in [-0.25, -0.2) is 9.97 Å². The summed E-state index contributed by atoms with van der Waals surface area (Å²) in [5.74, 6) is 0.0342. The first-order valence-electron chi connectivity index (χ1n) is 4.63. The number of nitrogens with one attached hydrogen (secondary N) is 1. The molecule has 0 unspecified atom stereocenters. The van der Waals surface area contributed by atoms with E-state index in [0.717, 1.165) is 5.56 Å². The van der Waals surface area contributed by atoms with Crippen LogP contribution >= 0.6 is 34.5 Å². The highest BCUT2D eigenvalue weighted by molar-refractivity contribution is 7.08. The second-order valence-corrected chi connectivity index (χ2v) is 4.70. The van der Waals surface area contributed by atoms with E-state index in [-0.39, 0.29) is 28.3 Å². The summed E-state index contributed by atoms with van der Waals surface area (Å²) < 4.78 is 0.